The molecular weight excluding hydrogens is 282 g/mol. The van der Waals surface area contributed by atoms with E-state index in [9.17, 15) is 0 Å². The highest BCUT2D eigenvalue weighted by Crippen LogP contribution is 2.30. The molecule has 0 aliphatic rings. The lowest BCUT2D eigenvalue weighted by Crippen LogP contribution is -2.10. The zero-order valence-corrected chi connectivity index (χ0v) is 12.4. The molecule has 1 nitrogen and oxygen atoms in total. The van der Waals surface area contributed by atoms with E-state index < -0.39 is 0 Å². The monoisotopic (exact) mass is 301 g/mol. The van der Waals surface area contributed by atoms with Crippen molar-refractivity contribution >= 4 is 27.7 Å². The van der Waals surface area contributed by atoms with Crippen LogP contribution >= 0.6 is 27.7 Å². The maximum absolute atomic E-state index is 5.84. The van der Waals surface area contributed by atoms with Crippen molar-refractivity contribution in [2.24, 2.45) is 11.7 Å². The summed E-state index contributed by atoms with van der Waals surface area (Å²) in [4.78, 5) is 0. The Kier molecular flexibility index (Phi) is 6.47. The smallest absolute Gasteiger partial charge is 0.0420 e. The fourth-order valence-electron chi connectivity index (χ4n) is 1.45. The molecule has 0 saturated carbocycles. The third-order valence-corrected chi connectivity index (χ3v) is 4.28. The molecule has 3 heteroatoms. The molecule has 0 bridgehead atoms. The first-order valence-electron chi connectivity index (χ1n) is 5.70. The van der Waals surface area contributed by atoms with Gasteiger partial charge in [-0.15, -0.1) is 0 Å². The van der Waals surface area contributed by atoms with Gasteiger partial charge >= 0.3 is 0 Å². The molecule has 1 unspecified atom stereocenters. The van der Waals surface area contributed by atoms with Crippen LogP contribution in [0.2, 0.25) is 0 Å². The zero-order chi connectivity index (χ0) is 12.0. The minimum absolute atomic E-state index is 0.427. The summed E-state index contributed by atoms with van der Waals surface area (Å²) in [6.07, 6.45) is 1.26. The van der Waals surface area contributed by atoms with Crippen molar-refractivity contribution in [1.82, 2.24) is 0 Å². The molecule has 1 atom stereocenters. The Morgan fingerprint density at radius 2 is 2.12 bits per heavy atom. The van der Waals surface area contributed by atoms with E-state index in [-0.39, 0.29) is 0 Å². The maximum Gasteiger partial charge on any atom is 0.0420 e. The van der Waals surface area contributed by atoms with Crippen LogP contribution in [0.4, 0.5) is 0 Å². The van der Waals surface area contributed by atoms with Gasteiger partial charge in [-0.05, 0) is 35.8 Å². The number of hydrogen-bond acceptors (Lipinski definition) is 2. The predicted molar refractivity (Wildman–Crippen MR) is 77.9 cm³/mol. The first kappa shape index (κ1) is 14.1. The van der Waals surface area contributed by atoms with E-state index in [2.05, 4.69) is 54.0 Å². The van der Waals surface area contributed by atoms with Crippen LogP contribution in [-0.4, -0.2) is 12.3 Å². The summed E-state index contributed by atoms with van der Waals surface area (Å²) in [5.74, 6) is 1.96. The molecule has 1 rings (SSSR count). The van der Waals surface area contributed by atoms with Gasteiger partial charge in [-0.1, -0.05) is 41.9 Å². The number of rotatable bonds is 6. The van der Waals surface area contributed by atoms with E-state index in [1.165, 1.54) is 17.7 Å². The normalized spacial score (nSPS) is 13.1. The fraction of sp³-hybridized carbons (Fsp3) is 0.538. The van der Waals surface area contributed by atoms with E-state index in [1.54, 1.807) is 0 Å². The van der Waals surface area contributed by atoms with Crippen molar-refractivity contribution < 1.29 is 0 Å². The predicted octanol–water partition coefficient (Wildman–Crippen LogP) is 4.23. The van der Waals surface area contributed by atoms with Crippen molar-refractivity contribution in [2.75, 3.05) is 12.3 Å². The Balaban J connectivity index is 2.53. The quantitative estimate of drug-likeness (QED) is 0.851. The molecule has 1 aromatic carbocycles. The summed E-state index contributed by atoms with van der Waals surface area (Å²) >= 11 is 5.47. The summed E-state index contributed by atoms with van der Waals surface area (Å²) in [6.45, 7) is 5.23. The van der Waals surface area contributed by atoms with E-state index in [0.29, 0.717) is 11.8 Å². The standard InChI is InChI=1S/C13H20BrNS/c1-10(2)6-7-16-13(9-15)11-4-3-5-12(14)8-11/h3-5,8,10,13H,6-7,9,15H2,1-2H3. The van der Waals surface area contributed by atoms with Gasteiger partial charge in [-0.3, -0.25) is 0 Å². The number of nitrogens with two attached hydrogens (primary N) is 1. The summed E-state index contributed by atoms with van der Waals surface area (Å²) in [5.41, 5.74) is 7.16. The summed E-state index contributed by atoms with van der Waals surface area (Å²) < 4.78 is 1.13. The molecule has 0 aliphatic heterocycles. The second-order valence-electron chi connectivity index (χ2n) is 4.33. The summed E-state index contributed by atoms with van der Waals surface area (Å²) in [6, 6.07) is 8.45. The second-order valence-corrected chi connectivity index (χ2v) is 6.56. The highest BCUT2D eigenvalue weighted by molar-refractivity contribution is 9.10. The van der Waals surface area contributed by atoms with Crippen molar-refractivity contribution in [3.63, 3.8) is 0 Å². The Labute approximate surface area is 111 Å². The highest BCUT2D eigenvalue weighted by atomic mass is 79.9. The van der Waals surface area contributed by atoms with Crippen molar-refractivity contribution in [1.29, 1.82) is 0 Å². The van der Waals surface area contributed by atoms with Crippen LogP contribution in [0.15, 0.2) is 28.7 Å². The molecule has 0 spiro atoms. The van der Waals surface area contributed by atoms with Crippen molar-refractivity contribution in [3.8, 4) is 0 Å². The molecule has 0 aromatic heterocycles. The lowest BCUT2D eigenvalue weighted by atomic mass is 10.1. The number of halogens is 1. The Bertz CT molecular complexity index is 315. The molecule has 0 radical (unpaired) electrons. The minimum Gasteiger partial charge on any atom is -0.329 e. The Morgan fingerprint density at radius 1 is 1.38 bits per heavy atom. The first-order valence-corrected chi connectivity index (χ1v) is 7.54. The lowest BCUT2D eigenvalue weighted by molar-refractivity contribution is 0.631. The van der Waals surface area contributed by atoms with Crippen molar-refractivity contribution in [2.45, 2.75) is 25.5 Å². The average Bonchev–Trinajstić information content (AvgIpc) is 2.24. The zero-order valence-electron chi connectivity index (χ0n) is 9.95. The first-order chi connectivity index (χ1) is 7.63. The van der Waals surface area contributed by atoms with Gasteiger partial charge < -0.3 is 5.73 Å². The van der Waals surface area contributed by atoms with E-state index in [1.807, 2.05) is 11.8 Å². The van der Waals surface area contributed by atoms with Gasteiger partial charge in [0.15, 0.2) is 0 Å². The Hall–Kier alpha value is 0.01000. The average molecular weight is 302 g/mol. The van der Waals surface area contributed by atoms with Crippen LogP contribution in [0.5, 0.6) is 0 Å². The highest BCUT2D eigenvalue weighted by Gasteiger charge is 2.10. The third kappa shape index (κ3) is 4.89. The van der Waals surface area contributed by atoms with E-state index in [4.69, 9.17) is 5.73 Å². The van der Waals surface area contributed by atoms with Crippen LogP contribution in [0.1, 0.15) is 31.1 Å². The molecule has 90 valence electrons. The molecule has 0 aliphatic carbocycles. The van der Waals surface area contributed by atoms with Gasteiger partial charge in [0.1, 0.15) is 0 Å². The van der Waals surface area contributed by atoms with Crippen LogP contribution in [0, 0.1) is 5.92 Å². The van der Waals surface area contributed by atoms with Crippen LogP contribution in [-0.2, 0) is 0 Å². The maximum atomic E-state index is 5.84. The molecular formula is C13H20BrNS. The molecule has 1 aromatic rings. The van der Waals surface area contributed by atoms with Gasteiger partial charge in [-0.25, -0.2) is 0 Å². The summed E-state index contributed by atoms with van der Waals surface area (Å²) in [5, 5.41) is 0.427. The number of benzene rings is 1. The van der Waals surface area contributed by atoms with Gasteiger partial charge in [0, 0.05) is 16.3 Å². The van der Waals surface area contributed by atoms with Gasteiger partial charge in [0.25, 0.3) is 0 Å². The Morgan fingerprint density at radius 3 is 2.69 bits per heavy atom. The third-order valence-electron chi connectivity index (χ3n) is 2.45. The molecule has 16 heavy (non-hydrogen) atoms. The van der Waals surface area contributed by atoms with Crippen LogP contribution in [0.3, 0.4) is 0 Å². The van der Waals surface area contributed by atoms with Crippen molar-refractivity contribution in [3.05, 3.63) is 34.3 Å². The fourth-order valence-corrected chi connectivity index (χ4v) is 3.24. The van der Waals surface area contributed by atoms with Gasteiger partial charge in [-0.2, -0.15) is 11.8 Å². The number of hydrogen-bond donors (Lipinski definition) is 1. The minimum atomic E-state index is 0.427. The molecule has 2 N–H and O–H groups in total. The van der Waals surface area contributed by atoms with Gasteiger partial charge in [0.05, 0.1) is 0 Å². The topological polar surface area (TPSA) is 26.0 Å². The molecule has 0 fully saturated rings. The van der Waals surface area contributed by atoms with Crippen LogP contribution < -0.4 is 5.73 Å². The van der Waals surface area contributed by atoms with Gasteiger partial charge in [0.2, 0.25) is 0 Å². The molecule has 0 heterocycles. The largest absolute Gasteiger partial charge is 0.329 e. The lowest BCUT2D eigenvalue weighted by Gasteiger charge is -2.15. The van der Waals surface area contributed by atoms with E-state index in [0.717, 1.165) is 10.4 Å². The molecule has 0 saturated heterocycles. The second kappa shape index (κ2) is 7.36. The summed E-state index contributed by atoms with van der Waals surface area (Å²) in [7, 11) is 0. The number of thioether (sulfide) groups is 1. The molecule has 0 amide bonds. The van der Waals surface area contributed by atoms with Crippen LogP contribution in [0.25, 0.3) is 0 Å². The SMILES string of the molecule is CC(C)CCSC(CN)c1cccc(Br)c1. The van der Waals surface area contributed by atoms with E-state index >= 15 is 0 Å².